The van der Waals surface area contributed by atoms with E-state index in [4.69, 9.17) is 10.5 Å². The molecule has 88 valence electrons. The van der Waals surface area contributed by atoms with Crippen molar-refractivity contribution in [2.45, 2.75) is 44.8 Å². The highest BCUT2D eigenvalue weighted by atomic mass is 16.5. The molecule has 0 aromatic carbocycles. The Bertz CT molecular complexity index is 223. The molecule has 1 fully saturated rings. The van der Waals surface area contributed by atoms with Crippen molar-refractivity contribution >= 4 is 5.91 Å². The van der Waals surface area contributed by atoms with Gasteiger partial charge in [-0.15, -0.1) is 0 Å². The molecule has 0 spiro atoms. The number of rotatable bonds is 6. The van der Waals surface area contributed by atoms with Crippen molar-refractivity contribution < 1.29 is 9.53 Å². The highest BCUT2D eigenvalue weighted by molar-refractivity contribution is 5.85. The molecule has 0 aromatic heterocycles. The van der Waals surface area contributed by atoms with Crippen LogP contribution in [0.15, 0.2) is 0 Å². The Hall–Kier alpha value is -0.610. The van der Waals surface area contributed by atoms with Crippen LogP contribution in [-0.2, 0) is 9.53 Å². The van der Waals surface area contributed by atoms with Gasteiger partial charge in [0.05, 0.1) is 0 Å². The summed E-state index contributed by atoms with van der Waals surface area (Å²) in [7, 11) is 1.59. The molecule has 0 saturated heterocycles. The van der Waals surface area contributed by atoms with Gasteiger partial charge in [-0.05, 0) is 26.2 Å². The number of methoxy groups -OCH3 is 1. The summed E-state index contributed by atoms with van der Waals surface area (Å²) in [6.45, 7) is 4.98. The second-order valence-corrected chi connectivity index (χ2v) is 4.31. The number of nitrogens with zero attached hydrogens (tertiary/aromatic N) is 1. The highest BCUT2D eigenvalue weighted by Gasteiger charge is 2.40. The van der Waals surface area contributed by atoms with Gasteiger partial charge in [0.15, 0.2) is 0 Å². The predicted octanol–water partition coefficient (Wildman–Crippen LogP) is 0.751. The van der Waals surface area contributed by atoms with E-state index < -0.39 is 5.60 Å². The Labute approximate surface area is 91.8 Å². The number of amides is 1. The molecule has 1 atom stereocenters. The van der Waals surface area contributed by atoms with Gasteiger partial charge in [0, 0.05) is 26.2 Å². The molecule has 15 heavy (non-hydrogen) atoms. The van der Waals surface area contributed by atoms with Gasteiger partial charge in [-0.1, -0.05) is 6.92 Å². The number of hydrogen-bond acceptors (Lipinski definition) is 3. The fourth-order valence-corrected chi connectivity index (χ4v) is 1.66. The molecule has 4 nitrogen and oxygen atoms in total. The standard InChI is InChI=1S/C11H22N2O2/c1-4-11(2,15-3)10(14)13(8-7-12)9-5-6-9/h9H,4-8,12H2,1-3H3. The van der Waals surface area contributed by atoms with Crippen LogP contribution in [0.4, 0.5) is 0 Å². The molecule has 0 aliphatic heterocycles. The van der Waals surface area contributed by atoms with Crippen molar-refractivity contribution in [3.05, 3.63) is 0 Å². The second-order valence-electron chi connectivity index (χ2n) is 4.31. The van der Waals surface area contributed by atoms with Crippen molar-refractivity contribution in [2.24, 2.45) is 5.73 Å². The van der Waals surface area contributed by atoms with Crippen LogP contribution in [0.5, 0.6) is 0 Å². The summed E-state index contributed by atoms with van der Waals surface area (Å²) in [5.74, 6) is 0.0838. The molecule has 2 N–H and O–H groups in total. The molecular formula is C11H22N2O2. The lowest BCUT2D eigenvalue weighted by Crippen LogP contribution is -2.50. The van der Waals surface area contributed by atoms with Gasteiger partial charge in [-0.3, -0.25) is 4.79 Å². The van der Waals surface area contributed by atoms with Gasteiger partial charge in [-0.2, -0.15) is 0 Å². The third-order valence-electron chi connectivity index (χ3n) is 3.20. The average Bonchev–Trinajstić information content (AvgIpc) is 3.07. The Morgan fingerprint density at radius 1 is 1.60 bits per heavy atom. The zero-order valence-electron chi connectivity index (χ0n) is 9.95. The molecule has 1 rings (SSSR count). The summed E-state index contributed by atoms with van der Waals surface area (Å²) in [6.07, 6.45) is 2.90. The first-order valence-electron chi connectivity index (χ1n) is 5.65. The third kappa shape index (κ3) is 2.69. The average molecular weight is 214 g/mol. The van der Waals surface area contributed by atoms with E-state index in [9.17, 15) is 4.79 Å². The summed E-state index contributed by atoms with van der Waals surface area (Å²) in [6, 6.07) is 0.405. The first kappa shape index (κ1) is 12.5. The molecule has 0 aromatic rings. The Morgan fingerprint density at radius 3 is 2.53 bits per heavy atom. The summed E-state index contributed by atoms with van der Waals surface area (Å²) in [5.41, 5.74) is 4.84. The fraction of sp³-hybridized carbons (Fsp3) is 0.909. The highest BCUT2D eigenvalue weighted by Crippen LogP contribution is 2.30. The van der Waals surface area contributed by atoms with Crippen LogP contribution in [0.2, 0.25) is 0 Å². The minimum atomic E-state index is -0.683. The molecule has 1 aliphatic rings. The molecule has 1 unspecified atom stereocenters. The first-order chi connectivity index (χ1) is 7.09. The molecule has 0 bridgehead atoms. The van der Waals surface area contributed by atoms with Crippen molar-refractivity contribution in [3.63, 3.8) is 0 Å². The topological polar surface area (TPSA) is 55.6 Å². The van der Waals surface area contributed by atoms with Gasteiger partial charge < -0.3 is 15.4 Å². The molecule has 0 radical (unpaired) electrons. The zero-order chi connectivity index (χ0) is 11.5. The number of nitrogens with two attached hydrogens (primary N) is 1. The van der Waals surface area contributed by atoms with E-state index in [0.29, 0.717) is 25.6 Å². The number of carbonyl (C=O) groups is 1. The second kappa shape index (κ2) is 4.94. The van der Waals surface area contributed by atoms with Crippen LogP contribution in [-0.4, -0.2) is 42.6 Å². The van der Waals surface area contributed by atoms with E-state index in [2.05, 4.69) is 0 Å². The van der Waals surface area contributed by atoms with Crippen molar-refractivity contribution in [3.8, 4) is 0 Å². The van der Waals surface area contributed by atoms with E-state index in [0.717, 1.165) is 12.8 Å². The van der Waals surface area contributed by atoms with E-state index in [-0.39, 0.29) is 5.91 Å². The lowest BCUT2D eigenvalue weighted by Gasteiger charge is -2.32. The maximum Gasteiger partial charge on any atom is 0.254 e. The normalized spacial score (nSPS) is 19.7. The number of ether oxygens (including phenoxy) is 1. The van der Waals surface area contributed by atoms with Gasteiger partial charge in [-0.25, -0.2) is 0 Å². The number of carbonyl (C=O) groups excluding carboxylic acids is 1. The van der Waals surface area contributed by atoms with Gasteiger partial charge in [0.25, 0.3) is 5.91 Å². The minimum Gasteiger partial charge on any atom is -0.369 e. The monoisotopic (exact) mass is 214 g/mol. The smallest absolute Gasteiger partial charge is 0.254 e. The molecule has 1 aliphatic carbocycles. The van der Waals surface area contributed by atoms with Crippen molar-refractivity contribution in [2.75, 3.05) is 20.2 Å². The van der Waals surface area contributed by atoms with Gasteiger partial charge >= 0.3 is 0 Å². The van der Waals surface area contributed by atoms with E-state index in [1.54, 1.807) is 7.11 Å². The lowest BCUT2D eigenvalue weighted by molar-refractivity contribution is -0.153. The summed E-state index contributed by atoms with van der Waals surface area (Å²) in [5, 5.41) is 0. The first-order valence-corrected chi connectivity index (χ1v) is 5.65. The minimum absolute atomic E-state index is 0.0838. The third-order valence-corrected chi connectivity index (χ3v) is 3.20. The summed E-state index contributed by atoms with van der Waals surface area (Å²) in [4.78, 5) is 14.1. The van der Waals surface area contributed by atoms with E-state index in [1.807, 2.05) is 18.7 Å². The molecule has 4 heteroatoms. The Morgan fingerprint density at radius 2 is 2.20 bits per heavy atom. The quantitative estimate of drug-likeness (QED) is 0.710. The molecular weight excluding hydrogens is 192 g/mol. The van der Waals surface area contributed by atoms with E-state index in [1.165, 1.54) is 0 Å². The number of hydrogen-bond donors (Lipinski definition) is 1. The lowest BCUT2D eigenvalue weighted by atomic mass is 10.0. The maximum atomic E-state index is 12.2. The summed E-state index contributed by atoms with van der Waals surface area (Å²) >= 11 is 0. The largest absolute Gasteiger partial charge is 0.369 e. The van der Waals surface area contributed by atoms with Crippen LogP contribution >= 0.6 is 0 Å². The summed E-state index contributed by atoms with van der Waals surface area (Å²) < 4.78 is 5.32. The molecule has 1 amide bonds. The Balaban J connectivity index is 2.69. The zero-order valence-corrected chi connectivity index (χ0v) is 9.95. The van der Waals surface area contributed by atoms with Gasteiger partial charge in [0.2, 0.25) is 0 Å². The Kier molecular flexibility index (Phi) is 4.11. The van der Waals surface area contributed by atoms with Crippen LogP contribution in [0, 0.1) is 0 Å². The maximum absolute atomic E-state index is 12.2. The van der Waals surface area contributed by atoms with Crippen molar-refractivity contribution in [1.29, 1.82) is 0 Å². The molecule has 0 heterocycles. The van der Waals surface area contributed by atoms with Crippen LogP contribution in [0.3, 0.4) is 0 Å². The predicted molar refractivity (Wildman–Crippen MR) is 59.5 cm³/mol. The fourth-order valence-electron chi connectivity index (χ4n) is 1.66. The van der Waals surface area contributed by atoms with Crippen molar-refractivity contribution in [1.82, 2.24) is 4.90 Å². The SMILES string of the molecule is CCC(C)(OC)C(=O)N(CCN)C1CC1. The molecule has 1 saturated carbocycles. The van der Waals surface area contributed by atoms with E-state index >= 15 is 0 Å². The van der Waals surface area contributed by atoms with Crippen LogP contribution < -0.4 is 5.73 Å². The van der Waals surface area contributed by atoms with Gasteiger partial charge in [0.1, 0.15) is 5.60 Å². The van der Waals surface area contributed by atoms with Crippen LogP contribution in [0.25, 0.3) is 0 Å². The van der Waals surface area contributed by atoms with Crippen LogP contribution in [0.1, 0.15) is 33.1 Å².